The van der Waals surface area contributed by atoms with Gasteiger partial charge in [-0.3, -0.25) is 0 Å². The highest BCUT2D eigenvalue weighted by atomic mass is 32.1. The number of aryl methyl sites for hydroxylation is 1. The van der Waals surface area contributed by atoms with E-state index < -0.39 is 0 Å². The SMILES string of the molecule is C=C(c1cc(CC)c(O)cc1O)N(C=S)c1ccc2c(c1)CCN2C. The summed E-state index contributed by atoms with van der Waals surface area (Å²) in [7, 11) is 2.09. The van der Waals surface area contributed by atoms with E-state index in [-0.39, 0.29) is 11.5 Å². The van der Waals surface area contributed by atoms with Gasteiger partial charge in [-0.25, -0.2) is 0 Å². The zero-order valence-corrected chi connectivity index (χ0v) is 15.3. The first kappa shape index (κ1) is 17.3. The lowest BCUT2D eigenvalue weighted by molar-refractivity contribution is 0.445. The Balaban J connectivity index is 1.99. The highest BCUT2D eigenvalue weighted by molar-refractivity contribution is 7.79. The average molecular weight is 354 g/mol. The number of aromatic hydroxyl groups is 2. The molecular weight excluding hydrogens is 332 g/mol. The van der Waals surface area contributed by atoms with Crippen LogP contribution in [0.15, 0.2) is 36.9 Å². The topological polar surface area (TPSA) is 46.9 Å². The van der Waals surface area contributed by atoms with Crippen LogP contribution in [-0.4, -0.2) is 29.3 Å². The Kier molecular flexibility index (Phi) is 4.68. The van der Waals surface area contributed by atoms with Crippen LogP contribution in [0.4, 0.5) is 11.4 Å². The van der Waals surface area contributed by atoms with Crippen molar-refractivity contribution in [2.45, 2.75) is 19.8 Å². The van der Waals surface area contributed by atoms with E-state index in [0.717, 1.165) is 24.2 Å². The minimum Gasteiger partial charge on any atom is -0.508 e. The van der Waals surface area contributed by atoms with Crippen molar-refractivity contribution in [1.82, 2.24) is 0 Å². The number of phenolic OH excluding ortho intramolecular Hbond substituents is 2. The van der Waals surface area contributed by atoms with Crippen LogP contribution in [0.25, 0.3) is 5.70 Å². The van der Waals surface area contributed by atoms with Crippen LogP contribution in [0, 0.1) is 0 Å². The van der Waals surface area contributed by atoms with Crippen LogP contribution in [-0.2, 0) is 12.8 Å². The molecule has 3 rings (SSSR count). The maximum atomic E-state index is 10.3. The molecule has 0 saturated carbocycles. The second kappa shape index (κ2) is 6.76. The van der Waals surface area contributed by atoms with E-state index in [4.69, 9.17) is 12.2 Å². The van der Waals surface area contributed by atoms with E-state index in [0.29, 0.717) is 17.7 Å². The van der Waals surface area contributed by atoms with Gasteiger partial charge in [0, 0.05) is 36.6 Å². The molecule has 2 N–H and O–H groups in total. The molecule has 0 aliphatic carbocycles. The molecule has 0 fully saturated rings. The molecule has 1 heterocycles. The lowest BCUT2D eigenvalue weighted by Crippen LogP contribution is -2.18. The summed E-state index contributed by atoms with van der Waals surface area (Å²) in [4.78, 5) is 4.02. The van der Waals surface area contributed by atoms with Gasteiger partial charge in [-0.05, 0) is 48.2 Å². The van der Waals surface area contributed by atoms with Gasteiger partial charge in [0.2, 0.25) is 0 Å². The predicted molar refractivity (Wildman–Crippen MR) is 108 cm³/mol. The molecule has 0 atom stereocenters. The largest absolute Gasteiger partial charge is 0.508 e. The Labute approximate surface area is 153 Å². The number of fused-ring (bicyclic) bond motifs is 1. The number of benzene rings is 2. The van der Waals surface area contributed by atoms with E-state index >= 15 is 0 Å². The molecule has 1 aliphatic heterocycles. The Bertz CT molecular complexity index is 848. The van der Waals surface area contributed by atoms with Crippen molar-refractivity contribution in [3.63, 3.8) is 0 Å². The molecule has 2 aromatic carbocycles. The quantitative estimate of drug-likeness (QED) is 0.792. The monoisotopic (exact) mass is 354 g/mol. The molecule has 25 heavy (non-hydrogen) atoms. The Morgan fingerprint density at radius 2 is 2.04 bits per heavy atom. The van der Waals surface area contributed by atoms with Crippen molar-refractivity contribution in [3.8, 4) is 11.5 Å². The highest BCUT2D eigenvalue weighted by Crippen LogP contribution is 2.36. The summed E-state index contributed by atoms with van der Waals surface area (Å²) in [5.74, 6) is 0.0773. The fourth-order valence-corrected chi connectivity index (χ4v) is 3.50. The second-order valence-electron chi connectivity index (χ2n) is 6.26. The molecule has 0 spiro atoms. The van der Waals surface area contributed by atoms with Gasteiger partial charge in [0.25, 0.3) is 0 Å². The summed E-state index contributed by atoms with van der Waals surface area (Å²) in [5.41, 5.74) is 6.86. The van der Waals surface area contributed by atoms with Crippen molar-refractivity contribution in [2.24, 2.45) is 0 Å². The average Bonchev–Trinajstić information content (AvgIpc) is 2.96. The molecule has 0 unspecified atom stereocenters. The van der Waals surface area contributed by atoms with Crippen LogP contribution in [0.3, 0.4) is 0 Å². The van der Waals surface area contributed by atoms with Crippen molar-refractivity contribution in [1.29, 1.82) is 0 Å². The second-order valence-corrected chi connectivity index (χ2v) is 6.47. The first-order chi connectivity index (χ1) is 12.0. The van der Waals surface area contributed by atoms with E-state index in [1.54, 1.807) is 11.0 Å². The van der Waals surface area contributed by atoms with Crippen molar-refractivity contribution < 1.29 is 10.2 Å². The third-order valence-corrected chi connectivity index (χ3v) is 4.96. The number of likely N-dealkylation sites (N-methyl/N-ethyl adjacent to an activating group) is 1. The molecular formula is C20H22N2O2S. The first-order valence-corrected chi connectivity index (χ1v) is 8.76. The first-order valence-electron chi connectivity index (χ1n) is 8.29. The summed E-state index contributed by atoms with van der Waals surface area (Å²) in [6.07, 6.45) is 1.66. The van der Waals surface area contributed by atoms with Gasteiger partial charge in [-0.2, -0.15) is 0 Å². The fourth-order valence-electron chi connectivity index (χ4n) is 3.25. The molecule has 0 amide bonds. The number of anilines is 2. The van der Waals surface area contributed by atoms with Crippen LogP contribution in [0.5, 0.6) is 11.5 Å². The number of thiocarbonyl (C=S) groups is 1. The molecule has 0 radical (unpaired) electrons. The van der Waals surface area contributed by atoms with Crippen LogP contribution in [0.1, 0.15) is 23.6 Å². The molecule has 0 saturated heterocycles. The molecule has 130 valence electrons. The Morgan fingerprint density at radius 3 is 2.72 bits per heavy atom. The van der Waals surface area contributed by atoms with Crippen molar-refractivity contribution >= 4 is 34.8 Å². The lowest BCUT2D eigenvalue weighted by atomic mass is 10.0. The fraction of sp³-hybridized carbons (Fsp3) is 0.250. The van der Waals surface area contributed by atoms with Gasteiger partial charge >= 0.3 is 0 Å². The van der Waals surface area contributed by atoms with Crippen LogP contribution < -0.4 is 9.80 Å². The van der Waals surface area contributed by atoms with E-state index in [9.17, 15) is 10.2 Å². The smallest absolute Gasteiger partial charge is 0.128 e. The number of hydrogen-bond acceptors (Lipinski definition) is 4. The summed E-state index contributed by atoms with van der Waals surface area (Å²) in [6.45, 7) is 7.08. The Morgan fingerprint density at radius 1 is 1.28 bits per heavy atom. The van der Waals surface area contributed by atoms with Gasteiger partial charge in [-0.1, -0.05) is 25.7 Å². The summed E-state index contributed by atoms with van der Waals surface area (Å²) < 4.78 is 0. The molecule has 2 aromatic rings. The number of nitrogens with zero attached hydrogens (tertiary/aromatic N) is 2. The predicted octanol–water partition coefficient (Wildman–Crippen LogP) is 4.09. The number of phenols is 2. The standard InChI is InChI=1S/C20H22N2O2S/c1-4-14-10-17(20(24)11-19(14)23)13(2)22(12-25)16-5-6-18-15(9-16)7-8-21(18)3/h5-6,9-12,23-24H,2,4,7-8H2,1,3H3. The zero-order valence-electron chi connectivity index (χ0n) is 14.5. The van der Waals surface area contributed by atoms with E-state index in [1.165, 1.54) is 22.8 Å². The third-order valence-electron chi connectivity index (χ3n) is 4.75. The van der Waals surface area contributed by atoms with Crippen molar-refractivity contribution in [3.05, 3.63) is 53.6 Å². The Hall–Kier alpha value is -2.53. The van der Waals surface area contributed by atoms with Gasteiger partial charge in [0.15, 0.2) is 0 Å². The number of hydrogen-bond donors (Lipinski definition) is 2. The van der Waals surface area contributed by atoms with Crippen LogP contribution in [0.2, 0.25) is 0 Å². The maximum absolute atomic E-state index is 10.3. The van der Waals surface area contributed by atoms with E-state index in [2.05, 4.69) is 30.7 Å². The van der Waals surface area contributed by atoms with Gasteiger partial charge in [0.1, 0.15) is 11.5 Å². The van der Waals surface area contributed by atoms with Gasteiger partial charge in [0.05, 0.1) is 11.2 Å². The number of rotatable bonds is 5. The summed E-state index contributed by atoms with van der Waals surface area (Å²) >= 11 is 5.21. The van der Waals surface area contributed by atoms with Gasteiger partial charge in [-0.15, -0.1) is 0 Å². The molecule has 0 bridgehead atoms. The summed E-state index contributed by atoms with van der Waals surface area (Å²) in [5, 5.41) is 20.2. The zero-order chi connectivity index (χ0) is 18.1. The maximum Gasteiger partial charge on any atom is 0.128 e. The van der Waals surface area contributed by atoms with Crippen LogP contribution >= 0.6 is 12.2 Å². The van der Waals surface area contributed by atoms with E-state index in [1.807, 2.05) is 13.0 Å². The minimum atomic E-state index is -0.0116. The van der Waals surface area contributed by atoms with Gasteiger partial charge < -0.3 is 20.0 Å². The molecule has 1 aliphatic rings. The molecule has 4 nitrogen and oxygen atoms in total. The molecule has 0 aromatic heterocycles. The normalized spacial score (nSPS) is 12.8. The molecule has 5 heteroatoms. The summed E-state index contributed by atoms with van der Waals surface area (Å²) in [6, 6.07) is 9.33. The highest BCUT2D eigenvalue weighted by Gasteiger charge is 2.20. The third kappa shape index (κ3) is 3.07. The van der Waals surface area contributed by atoms with Crippen molar-refractivity contribution in [2.75, 3.05) is 23.4 Å². The minimum absolute atomic E-state index is 0.0116. The lowest BCUT2D eigenvalue weighted by Gasteiger charge is -2.24.